The summed E-state index contributed by atoms with van der Waals surface area (Å²) in [6.45, 7) is 25.6. The molecular formula is C91H166N26O24S. The van der Waals surface area contributed by atoms with E-state index in [1.807, 2.05) is 0 Å². The monoisotopic (exact) mass is 2040 g/mol. The van der Waals surface area contributed by atoms with Gasteiger partial charge in [0.05, 0.1) is 26.2 Å². The summed E-state index contributed by atoms with van der Waals surface area (Å²) < 4.78 is 0. The maximum atomic E-state index is 14.3. The minimum absolute atomic E-state index is 0.00657. The van der Waals surface area contributed by atoms with E-state index in [2.05, 4.69) is 112 Å². The number of amides is 21. The Morgan fingerprint density at radius 1 is 0.261 bits per heavy atom. The topological polar surface area (TPSA) is 799 Å². The highest BCUT2D eigenvalue weighted by Gasteiger charge is 2.40. The molecule has 0 spiro atoms. The van der Waals surface area contributed by atoms with E-state index >= 15 is 0 Å². The minimum Gasteiger partial charge on any atom is -0.480 e. The Balaban J connectivity index is 6.27. The third kappa shape index (κ3) is 50.9. The number of carbonyl (C=O) groups is 22. The van der Waals surface area contributed by atoms with Crippen LogP contribution in [-0.4, -0.2) is 319 Å². The zero-order chi connectivity index (χ0) is 108. The summed E-state index contributed by atoms with van der Waals surface area (Å²) in [6, 6.07) is -25.0. The number of aliphatic hydroxyl groups excluding tert-OH is 1. The lowest BCUT2D eigenvalue weighted by Gasteiger charge is -2.29. The predicted molar refractivity (Wildman–Crippen MR) is 529 cm³/mol. The molecule has 810 valence electrons. The van der Waals surface area contributed by atoms with Crippen molar-refractivity contribution in [1.29, 1.82) is 0 Å². The average molecular weight is 2040 g/mol. The molecule has 0 radical (unpaired) electrons. The van der Waals surface area contributed by atoms with E-state index in [9.17, 15) is 116 Å². The standard InChI is InChI=1S/C91H166N26O24S/c1-20-49(9)71(116-79(128)53(13)99-68(120)43-97-73(122)51(11)100-80(129)61(32-24-28-37-94)111-87(136)66(45-118)114-78(127)55(15)102-82(131)63(34-39-142-19)107-67(119)42-96)89(138)103-52(12)74(123)98-44-69(121)108-59(30-22-26-35-92)83(132)117-72(50(10)21-2)90(139)105-56(16)75(124)109-62(33-25-29-38-95)84(133)115-70(48(7)8)88(137)104-57(17)77(126)113-65(41-47(5)6)86(135)110-60(31-23-27-36-93)81(130)101-54(14)76(125)112-64(40-46(3)4)85(134)106-58(18)91(140)141/h46-66,70-72,118H,20-45,92-96H2,1-19H3,(H,97,122)(H,98,123)(H,99,120)(H,100,129)(H,101,130)(H,102,131)(H,103,138)(H,104,137)(H,105,139)(H,106,134)(H,107,119)(H,108,121)(H,109,124)(H,110,135)(H,111,136)(H,112,125)(H,113,126)(H,114,127)(H,115,133)(H,116,128)(H,117,132)(H,140,141)/t49-,50-,51-,52-,53-,54-,55-,56-,57-,58+,59-,60-,61-,62-,63-,64-,65-,66-,70-,71-,72-/m0/s1. The molecule has 0 aliphatic carbocycles. The Morgan fingerprint density at radius 2 is 0.507 bits per heavy atom. The van der Waals surface area contributed by atoms with Gasteiger partial charge in [-0.1, -0.05) is 82.1 Å². The molecule has 0 bridgehead atoms. The van der Waals surface area contributed by atoms with Crippen LogP contribution in [0.2, 0.25) is 0 Å². The fourth-order valence-electron chi connectivity index (χ4n) is 13.7. The van der Waals surface area contributed by atoms with Crippen molar-refractivity contribution in [2.45, 2.75) is 349 Å². The Morgan fingerprint density at radius 3 is 0.831 bits per heavy atom. The maximum Gasteiger partial charge on any atom is 0.325 e. The number of carboxylic acids is 1. The second-order valence-corrected chi connectivity index (χ2v) is 37.8. The highest BCUT2D eigenvalue weighted by atomic mass is 32.2. The summed E-state index contributed by atoms with van der Waals surface area (Å²) in [7, 11) is 0. The van der Waals surface area contributed by atoms with Gasteiger partial charge < -0.3 is 151 Å². The molecule has 21 atom stereocenters. The molecule has 51 heteroatoms. The van der Waals surface area contributed by atoms with E-state index in [0.29, 0.717) is 70.0 Å². The van der Waals surface area contributed by atoms with Gasteiger partial charge in [-0.05, 0) is 219 Å². The first kappa shape index (κ1) is 130. The number of hydrogen-bond acceptors (Lipinski definition) is 29. The molecule has 0 aromatic carbocycles. The van der Waals surface area contributed by atoms with Gasteiger partial charge in [-0.15, -0.1) is 0 Å². The number of carboxylic acid groups (broad SMARTS) is 1. The molecule has 0 saturated carbocycles. The average Bonchev–Trinajstić information content (AvgIpc) is 1.52. The van der Waals surface area contributed by atoms with Crippen LogP contribution in [-0.2, 0) is 105 Å². The highest BCUT2D eigenvalue weighted by Crippen LogP contribution is 2.17. The highest BCUT2D eigenvalue weighted by molar-refractivity contribution is 7.98. The summed E-state index contributed by atoms with van der Waals surface area (Å²) in [5.41, 5.74) is 28.4. The van der Waals surface area contributed by atoms with E-state index < -0.39 is 289 Å². The molecule has 0 rings (SSSR count). The third-order valence-corrected chi connectivity index (χ3v) is 23.6. The molecule has 33 N–H and O–H groups in total. The van der Waals surface area contributed by atoms with Crippen molar-refractivity contribution in [3.05, 3.63) is 0 Å². The van der Waals surface area contributed by atoms with Crippen LogP contribution in [0.1, 0.15) is 234 Å². The van der Waals surface area contributed by atoms with Crippen molar-refractivity contribution in [3.63, 3.8) is 0 Å². The lowest BCUT2D eigenvalue weighted by Crippen LogP contribution is -2.61. The number of carbonyl (C=O) groups excluding carboxylic acids is 21. The quantitative estimate of drug-likeness (QED) is 0.0252. The number of rotatable bonds is 72. The molecule has 0 aliphatic rings. The van der Waals surface area contributed by atoms with Crippen molar-refractivity contribution in [2.24, 2.45) is 58.3 Å². The number of unbranched alkanes of at least 4 members (excludes halogenated alkanes) is 4. The molecule has 142 heavy (non-hydrogen) atoms. The van der Waals surface area contributed by atoms with E-state index in [0.717, 1.165) is 0 Å². The summed E-state index contributed by atoms with van der Waals surface area (Å²) in [4.78, 5) is 298. The molecule has 0 aromatic heterocycles. The number of hydrogen-bond donors (Lipinski definition) is 28. The van der Waals surface area contributed by atoms with E-state index in [1.54, 1.807) is 75.5 Å². The first-order valence-corrected chi connectivity index (χ1v) is 50.2. The van der Waals surface area contributed by atoms with Crippen LogP contribution in [0.25, 0.3) is 0 Å². The smallest absolute Gasteiger partial charge is 0.325 e. The summed E-state index contributed by atoms with van der Waals surface area (Å²) >= 11 is 1.41. The van der Waals surface area contributed by atoms with Gasteiger partial charge in [-0.25, -0.2) is 0 Å². The Labute approximate surface area is 836 Å². The van der Waals surface area contributed by atoms with Crippen molar-refractivity contribution in [3.8, 4) is 0 Å². The van der Waals surface area contributed by atoms with Crippen LogP contribution < -0.4 is 140 Å². The molecule has 0 aromatic rings. The first-order valence-electron chi connectivity index (χ1n) is 48.8. The summed E-state index contributed by atoms with van der Waals surface area (Å²) in [6.07, 6.45) is 5.71. The van der Waals surface area contributed by atoms with Gasteiger partial charge in [0.15, 0.2) is 0 Å². The summed E-state index contributed by atoms with van der Waals surface area (Å²) in [5.74, 6) is -20.5. The van der Waals surface area contributed by atoms with Gasteiger partial charge in [-0.3, -0.25) is 105 Å². The molecule has 21 amide bonds. The van der Waals surface area contributed by atoms with Crippen LogP contribution in [0.15, 0.2) is 0 Å². The zero-order valence-corrected chi connectivity index (χ0v) is 86.7. The molecule has 0 heterocycles. The Hall–Kier alpha value is -11.5. The van der Waals surface area contributed by atoms with Crippen molar-refractivity contribution in [2.75, 3.05) is 64.4 Å². The van der Waals surface area contributed by atoms with Crippen LogP contribution >= 0.6 is 11.8 Å². The molecule has 50 nitrogen and oxygen atoms in total. The van der Waals surface area contributed by atoms with Crippen molar-refractivity contribution in [1.82, 2.24) is 112 Å². The van der Waals surface area contributed by atoms with Crippen LogP contribution in [0.5, 0.6) is 0 Å². The number of nitrogens with one attached hydrogen (secondary N) is 21. The maximum absolute atomic E-state index is 14.3. The summed E-state index contributed by atoms with van der Waals surface area (Å²) in [5, 5.41) is 72.5. The number of thioether (sulfide) groups is 1. The van der Waals surface area contributed by atoms with E-state index in [-0.39, 0.29) is 83.0 Å². The first-order chi connectivity index (χ1) is 66.7. The van der Waals surface area contributed by atoms with Gasteiger partial charge in [-0.2, -0.15) is 11.8 Å². The predicted octanol–water partition coefficient (Wildman–Crippen LogP) is -7.27. The van der Waals surface area contributed by atoms with E-state index in [1.165, 1.54) is 67.2 Å². The largest absolute Gasteiger partial charge is 0.480 e. The van der Waals surface area contributed by atoms with Crippen LogP contribution in [0.3, 0.4) is 0 Å². The number of nitrogens with two attached hydrogens (primary N) is 5. The molecular weight excluding hydrogens is 1870 g/mol. The lowest BCUT2D eigenvalue weighted by atomic mass is 9.97. The zero-order valence-electron chi connectivity index (χ0n) is 85.9. The van der Waals surface area contributed by atoms with Gasteiger partial charge in [0.1, 0.15) is 115 Å². The third-order valence-electron chi connectivity index (χ3n) is 23.0. The molecule has 0 saturated heterocycles. The SMILES string of the molecule is CC[C@H](C)[C@H](NC(=O)[C@H](C)NC(=O)CNC(=O)[C@H](C)NC(=O)[C@H](CCCCN)NC(=O)[C@H](CO)NC(=O)[C@H](C)NC(=O)[C@H](CCSC)NC(=O)CN)C(=O)N[C@@H](C)C(=O)NCC(=O)N[C@@H](CCCCN)C(=O)N[C@H](C(=O)N[C@@H](C)C(=O)N[C@@H](CCCCN)C(=O)N[C@H](C(=O)N[C@@H](C)C(=O)N[C@@H](CC(C)C)C(=O)N[C@@H](CCCCN)C(=O)N[C@@H](C)C(=O)N[C@@H](CC(C)C)C(=O)N[C@H](C)C(=O)O)C(C)C)[C@@H](C)CC. The number of aliphatic carboxylic acids is 1. The second-order valence-electron chi connectivity index (χ2n) is 36.8. The fraction of sp³-hybridized carbons (Fsp3) is 0.758. The normalized spacial score (nSPS) is 15.7. The fourth-order valence-corrected chi connectivity index (χ4v) is 14.2. The van der Waals surface area contributed by atoms with Crippen molar-refractivity contribution >= 4 is 142 Å². The molecule has 0 unspecified atom stereocenters. The van der Waals surface area contributed by atoms with Crippen LogP contribution in [0.4, 0.5) is 0 Å². The minimum atomic E-state index is -1.63. The van der Waals surface area contributed by atoms with E-state index in [4.69, 9.17) is 28.7 Å². The van der Waals surface area contributed by atoms with Gasteiger partial charge in [0.25, 0.3) is 0 Å². The Kier molecular flexibility index (Phi) is 64.5. The Bertz CT molecular complexity index is 4120. The van der Waals surface area contributed by atoms with Gasteiger partial charge >= 0.3 is 5.97 Å². The van der Waals surface area contributed by atoms with Crippen LogP contribution in [0, 0.1) is 29.6 Å². The lowest BCUT2D eigenvalue weighted by molar-refractivity contribution is -0.142. The molecule has 0 fully saturated rings. The van der Waals surface area contributed by atoms with Gasteiger partial charge in [0, 0.05) is 0 Å². The molecule has 0 aliphatic heterocycles. The van der Waals surface area contributed by atoms with Crippen molar-refractivity contribution < 1.29 is 116 Å². The number of aliphatic hydroxyl groups is 1. The second kappa shape index (κ2) is 70.2. The van der Waals surface area contributed by atoms with Gasteiger partial charge in [0.2, 0.25) is 124 Å².